The van der Waals surface area contributed by atoms with E-state index in [0.717, 1.165) is 18.8 Å². The fourth-order valence-electron chi connectivity index (χ4n) is 2.87. The molecule has 5 heteroatoms. The molecule has 2 heterocycles. The monoisotopic (exact) mass is 320 g/mol. The Kier molecular flexibility index (Phi) is 6.28. The molecule has 1 aromatic carbocycles. The summed E-state index contributed by atoms with van der Waals surface area (Å²) in [7, 11) is 0. The topological polar surface area (TPSA) is 44.0 Å². The van der Waals surface area contributed by atoms with Crippen LogP contribution in [0.2, 0.25) is 0 Å². The van der Waals surface area contributed by atoms with Crippen LogP contribution in [-0.4, -0.2) is 23.3 Å². The van der Waals surface area contributed by atoms with Gasteiger partial charge in [-0.2, -0.15) is 5.10 Å². The van der Waals surface area contributed by atoms with Crippen LogP contribution in [0.3, 0.4) is 0 Å². The van der Waals surface area contributed by atoms with E-state index in [2.05, 4.69) is 51.6 Å². The molecule has 120 valence electrons. The maximum atomic E-state index is 4.04. The second-order valence-electron chi connectivity index (χ2n) is 5.84. The van der Waals surface area contributed by atoms with Gasteiger partial charge in [-0.25, -0.2) is 0 Å². The van der Waals surface area contributed by atoms with Crippen molar-refractivity contribution in [3.8, 4) is 0 Å². The molecule has 3 rings (SSSR count). The molecule has 0 radical (unpaired) electrons. The van der Waals surface area contributed by atoms with E-state index in [1.165, 1.54) is 49.2 Å². The van der Waals surface area contributed by atoms with E-state index in [0.29, 0.717) is 0 Å². The minimum Gasteiger partial charge on any atom is -0.372 e. The van der Waals surface area contributed by atoms with E-state index >= 15 is 0 Å². The van der Waals surface area contributed by atoms with Crippen LogP contribution in [-0.2, 0) is 13.1 Å². The molecule has 1 aliphatic heterocycles. The molecule has 0 aliphatic carbocycles. The molecule has 2 N–H and O–H groups in total. The smallest absolute Gasteiger partial charge is 0.0535 e. The van der Waals surface area contributed by atoms with Gasteiger partial charge in [-0.1, -0.05) is 12.1 Å². The molecule has 0 unspecified atom stereocenters. The van der Waals surface area contributed by atoms with Crippen molar-refractivity contribution in [2.75, 3.05) is 18.0 Å². The standard InChI is InChI=1S/C17H24N4.ClH/c1-14-16(13-19-20-14)12-18-11-15-5-7-17(8-6-15)21-9-3-2-4-10-21;/h5-8,13,18H,2-4,9-12H2,1H3,(H,19,20);1H. The van der Waals surface area contributed by atoms with Crippen LogP contribution in [0.5, 0.6) is 0 Å². The number of hydrogen-bond acceptors (Lipinski definition) is 3. The molecule has 1 saturated heterocycles. The van der Waals surface area contributed by atoms with Crippen molar-refractivity contribution in [3.63, 3.8) is 0 Å². The average Bonchev–Trinajstić information content (AvgIpc) is 2.94. The second kappa shape index (κ2) is 8.20. The quantitative estimate of drug-likeness (QED) is 0.887. The van der Waals surface area contributed by atoms with E-state index in [9.17, 15) is 0 Å². The summed E-state index contributed by atoms with van der Waals surface area (Å²) in [6.07, 6.45) is 5.93. The molecule has 1 aromatic heterocycles. The van der Waals surface area contributed by atoms with E-state index in [4.69, 9.17) is 0 Å². The summed E-state index contributed by atoms with van der Waals surface area (Å²) in [4.78, 5) is 2.50. The Morgan fingerprint density at radius 2 is 1.82 bits per heavy atom. The van der Waals surface area contributed by atoms with Gasteiger partial charge in [0.15, 0.2) is 0 Å². The Morgan fingerprint density at radius 1 is 1.09 bits per heavy atom. The van der Waals surface area contributed by atoms with Crippen LogP contribution >= 0.6 is 12.4 Å². The summed E-state index contributed by atoms with van der Waals surface area (Å²) in [5, 5.41) is 10.5. The normalized spacial score (nSPS) is 14.7. The van der Waals surface area contributed by atoms with Crippen molar-refractivity contribution >= 4 is 18.1 Å². The lowest BCUT2D eigenvalue weighted by Gasteiger charge is -2.28. The first kappa shape index (κ1) is 16.8. The lowest BCUT2D eigenvalue weighted by atomic mass is 10.1. The van der Waals surface area contributed by atoms with Crippen molar-refractivity contribution in [2.45, 2.75) is 39.3 Å². The van der Waals surface area contributed by atoms with Gasteiger partial charge in [0, 0.05) is 43.1 Å². The third-order valence-electron chi connectivity index (χ3n) is 4.24. The fourth-order valence-corrected chi connectivity index (χ4v) is 2.87. The van der Waals surface area contributed by atoms with Crippen molar-refractivity contribution in [1.29, 1.82) is 0 Å². The van der Waals surface area contributed by atoms with Gasteiger partial charge in [-0.15, -0.1) is 12.4 Å². The van der Waals surface area contributed by atoms with Crippen molar-refractivity contribution in [3.05, 3.63) is 47.3 Å². The number of halogens is 1. The number of aromatic nitrogens is 2. The van der Waals surface area contributed by atoms with Gasteiger partial charge in [0.05, 0.1) is 6.20 Å². The summed E-state index contributed by atoms with van der Waals surface area (Å²) in [5.41, 5.74) is 5.07. The van der Waals surface area contributed by atoms with Crippen LogP contribution in [0, 0.1) is 6.92 Å². The van der Waals surface area contributed by atoms with Gasteiger partial charge in [0.1, 0.15) is 0 Å². The highest BCUT2D eigenvalue weighted by molar-refractivity contribution is 5.85. The van der Waals surface area contributed by atoms with E-state index in [1.807, 2.05) is 6.20 Å². The first-order chi connectivity index (χ1) is 10.3. The molecule has 1 fully saturated rings. The van der Waals surface area contributed by atoms with Gasteiger partial charge >= 0.3 is 0 Å². The third-order valence-corrected chi connectivity index (χ3v) is 4.24. The fraction of sp³-hybridized carbons (Fsp3) is 0.471. The predicted octanol–water partition coefficient (Wildman–Crippen LogP) is 3.42. The van der Waals surface area contributed by atoms with Crippen molar-refractivity contribution in [1.82, 2.24) is 15.5 Å². The molecule has 0 amide bonds. The minimum atomic E-state index is 0. The number of aromatic amines is 1. The first-order valence-corrected chi connectivity index (χ1v) is 7.86. The largest absolute Gasteiger partial charge is 0.372 e. The zero-order valence-electron chi connectivity index (χ0n) is 13.1. The maximum absolute atomic E-state index is 4.04. The van der Waals surface area contributed by atoms with Crippen molar-refractivity contribution < 1.29 is 0 Å². The van der Waals surface area contributed by atoms with Gasteiger partial charge in [0.25, 0.3) is 0 Å². The summed E-state index contributed by atoms with van der Waals surface area (Å²) in [6, 6.07) is 8.98. The zero-order chi connectivity index (χ0) is 14.5. The number of hydrogen-bond donors (Lipinski definition) is 2. The Balaban J connectivity index is 0.00000176. The Morgan fingerprint density at radius 3 is 2.45 bits per heavy atom. The Bertz CT molecular complexity index is 558. The van der Waals surface area contributed by atoms with E-state index in [1.54, 1.807) is 0 Å². The molecule has 2 aromatic rings. The molecule has 1 aliphatic rings. The number of benzene rings is 1. The summed E-state index contributed by atoms with van der Waals surface area (Å²) >= 11 is 0. The zero-order valence-corrected chi connectivity index (χ0v) is 14.0. The Hall–Kier alpha value is -1.52. The highest BCUT2D eigenvalue weighted by Gasteiger charge is 2.10. The molecule has 0 saturated carbocycles. The molecule has 0 atom stereocenters. The molecule has 0 spiro atoms. The van der Waals surface area contributed by atoms with Crippen LogP contribution in [0.4, 0.5) is 5.69 Å². The Labute approximate surface area is 138 Å². The average molecular weight is 321 g/mol. The molecule has 0 bridgehead atoms. The van der Waals surface area contributed by atoms with Crippen molar-refractivity contribution in [2.24, 2.45) is 0 Å². The predicted molar refractivity (Wildman–Crippen MR) is 93.6 cm³/mol. The van der Waals surface area contributed by atoms with Gasteiger partial charge in [-0.05, 0) is 43.9 Å². The number of rotatable bonds is 5. The number of anilines is 1. The van der Waals surface area contributed by atoms with Gasteiger partial charge < -0.3 is 10.2 Å². The second-order valence-corrected chi connectivity index (χ2v) is 5.84. The lowest BCUT2D eigenvalue weighted by molar-refractivity contribution is 0.578. The third kappa shape index (κ3) is 4.24. The number of nitrogens with zero attached hydrogens (tertiary/aromatic N) is 2. The molecular formula is C17H25ClN4. The maximum Gasteiger partial charge on any atom is 0.0535 e. The summed E-state index contributed by atoms with van der Waals surface area (Å²) in [5.74, 6) is 0. The summed E-state index contributed by atoms with van der Waals surface area (Å²) < 4.78 is 0. The number of piperidine rings is 1. The molecule has 22 heavy (non-hydrogen) atoms. The van der Waals surface area contributed by atoms with Crippen LogP contribution < -0.4 is 10.2 Å². The minimum absolute atomic E-state index is 0. The highest BCUT2D eigenvalue weighted by atomic mass is 35.5. The molecular weight excluding hydrogens is 296 g/mol. The number of H-pyrrole nitrogens is 1. The van der Waals surface area contributed by atoms with Gasteiger partial charge in [0.2, 0.25) is 0 Å². The SMILES string of the molecule is Cc1[nH]ncc1CNCc1ccc(N2CCCCC2)cc1.Cl. The number of aryl methyl sites for hydroxylation is 1. The first-order valence-electron chi connectivity index (χ1n) is 7.86. The van der Waals surface area contributed by atoms with Gasteiger partial charge in [-0.3, -0.25) is 5.10 Å². The van der Waals surface area contributed by atoms with Crippen LogP contribution in [0.15, 0.2) is 30.5 Å². The van der Waals surface area contributed by atoms with Crippen LogP contribution in [0.25, 0.3) is 0 Å². The highest BCUT2D eigenvalue weighted by Crippen LogP contribution is 2.20. The van der Waals surface area contributed by atoms with Crippen LogP contribution in [0.1, 0.15) is 36.1 Å². The summed E-state index contributed by atoms with van der Waals surface area (Å²) in [6.45, 7) is 6.22. The molecule has 4 nitrogen and oxygen atoms in total. The van der Waals surface area contributed by atoms with E-state index < -0.39 is 0 Å². The lowest BCUT2D eigenvalue weighted by Crippen LogP contribution is -2.29. The number of nitrogens with one attached hydrogen (secondary N) is 2. The van der Waals surface area contributed by atoms with E-state index in [-0.39, 0.29) is 12.4 Å².